The molecule has 0 unspecified atom stereocenters. The summed E-state index contributed by atoms with van der Waals surface area (Å²) in [5.41, 5.74) is 1.04. The molecule has 1 aliphatic carbocycles. The number of aliphatic imine (C=N–C) groups is 1. The molecule has 0 amide bonds. The van der Waals surface area contributed by atoms with Gasteiger partial charge in [-0.2, -0.15) is 0 Å². The SMILES string of the molecule is C#CCNC(=NCc1ccc(OC2CCCCC2)nc1)NCC. The minimum atomic E-state index is 0.327. The monoisotopic (exact) mass is 314 g/mol. The van der Waals surface area contributed by atoms with Crippen LogP contribution in [0.25, 0.3) is 0 Å². The third-order valence-electron chi connectivity index (χ3n) is 3.76. The topological polar surface area (TPSA) is 58.5 Å². The van der Waals surface area contributed by atoms with Crippen molar-refractivity contribution < 1.29 is 4.74 Å². The first-order valence-electron chi connectivity index (χ1n) is 8.39. The Kier molecular flexibility index (Phi) is 7.25. The third kappa shape index (κ3) is 6.19. The Bertz CT molecular complexity index is 527. The van der Waals surface area contributed by atoms with Crippen molar-refractivity contribution in [3.63, 3.8) is 0 Å². The van der Waals surface area contributed by atoms with E-state index in [2.05, 4.69) is 26.5 Å². The van der Waals surface area contributed by atoms with Crippen LogP contribution in [0, 0.1) is 12.3 Å². The normalized spacial score (nSPS) is 15.7. The summed E-state index contributed by atoms with van der Waals surface area (Å²) in [4.78, 5) is 8.88. The summed E-state index contributed by atoms with van der Waals surface area (Å²) < 4.78 is 5.93. The second-order valence-corrected chi connectivity index (χ2v) is 5.64. The van der Waals surface area contributed by atoms with Crippen LogP contribution in [-0.2, 0) is 6.54 Å². The predicted octanol–water partition coefficient (Wildman–Crippen LogP) is 2.48. The number of nitrogens with zero attached hydrogens (tertiary/aromatic N) is 2. The highest BCUT2D eigenvalue weighted by molar-refractivity contribution is 5.79. The van der Waals surface area contributed by atoms with Crippen molar-refractivity contribution in [1.29, 1.82) is 0 Å². The van der Waals surface area contributed by atoms with Crippen molar-refractivity contribution in [2.24, 2.45) is 4.99 Å². The number of nitrogens with one attached hydrogen (secondary N) is 2. The van der Waals surface area contributed by atoms with Gasteiger partial charge in [0.1, 0.15) is 6.10 Å². The number of guanidine groups is 1. The van der Waals surface area contributed by atoms with E-state index in [4.69, 9.17) is 11.2 Å². The molecule has 5 nitrogen and oxygen atoms in total. The van der Waals surface area contributed by atoms with Crippen molar-refractivity contribution in [3.8, 4) is 18.2 Å². The van der Waals surface area contributed by atoms with E-state index in [-0.39, 0.29) is 0 Å². The van der Waals surface area contributed by atoms with E-state index in [0.717, 1.165) is 24.9 Å². The number of pyridine rings is 1. The Morgan fingerprint density at radius 3 is 2.83 bits per heavy atom. The van der Waals surface area contributed by atoms with Gasteiger partial charge < -0.3 is 15.4 Å². The van der Waals surface area contributed by atoms with E-state index in [1.807, 2.05) is 25.3 Å². The molecule has 1 aliphatic rings. The van der Waals surface area contributed by atoms with Crippen LogP contribution in [0.15, 0.2) is 23.3 Å². The molecular formula is C18H26N4O. The molecule has 0 aromatic carbocycles. The zero-order valence-electron chi connectivity index (χ0n) is 13.8. The molecule has 1 heterocycles. The summed E-state index contributed by atoms with van der Waals surface area (Å²) in [5.74, 6) is 3.97. The maximum Gasteiger partial charge on any atom is 0.213 e. The van der Waals surface area contributed by atoms with E-state index < -0.39 is 0 Å². The second-order valence-electron chi connectivity index (χ2n) is 5.64. The molecule has 0 aliphatic heterocycles. The van der Waals surface area contributed by atoms with E-state index in [1.54, 1.807) is 0 Å². The highest BCUT2D eigenvalue weighted by atomic mass is 16.5. The van der Waals surface area contributed by atoms with Gasteiger partial charge in [0.25, 0.3) is 0 Å². The van der Waals surface area contributed by atoms with Crippen LogP contribution in [0.2, 0.25) is 0 Å². The molecule has 1 fully saturated rings. The average molecular weight is 314 g/mol. The van der Waals surface area contributed by atoms with Gasteiger partial charge in [0.15, 0.2) is 5.96 Å². The summed E-state index contributed by atoms with van der Waals surface area (Å²) in [7, 11) is 0. The molecule has 0 atom stereocenters. The number of aromatic nitrogens is 1. The van der Waals surface area contributed by atoms with Crippen LogP contribution in [0.5, 0.6) is 5.88 Å². The van der Waals surface area contributed by atoms with Crippen molar-refractivity contribution in [2.75, 3.05) is 13.1 Å². The van der Waals surface area contributed by atoms with Gasteiger partial charge in [-0.3, -0.25) is 0 Å². The van der Waals surface area contributed by atoms with Gasteiger partial charge in [0.2, 0.25) is 5.88 Å². The first-order valence-corrected chi connectivity index (χ1v) is 8.39. The molecule has 1 aromatic heterocycles. The van der Waals surface area contributed by atoms with Crippen LogP contribution < -0.4 is 15.4 Å². The maximum atomic E-state index is 5.93. The lowest BCUT2D eigenvalue weighted by Crippen LogP contribution is -2.37. The Balaban J connectivity index is 1.86. The lowest BCUT2D eigenvalue weighted by Gasteiger charge is -2.22. The molecule has 1 saturated carbocycles. The fraction of sp³-hybridized carbons (Fsp3) is 0.556. The Labute approximate surface area is 138 Å². The molecule has 5 heteroatoms. The Morgan fingerprint density at radius 2 is 2.17 bits per heavy atom. The zero-order valence-corrected chi connectivity index (χ0v) is 13.8. The second kappa shape index (κ2) is 9.73. The first-order chi connectivity index (χ1) is 11.3. The quantitative estimate of drug-likeness (QED) is 0.481. The third-order valence-corrected chi connectivity index (χ3v) is 3.76. The summed E-state index contributed by atoms with van der Waals surface area (Å²) in [6.45, 7) is 3.82. The molecule has 0 radical (unpaired) electrons. The molecule has 0 bridgehead atoms. The van der Waals surface area contributed by atoms with Gasteiger partial charge >= 0.3 is 0 Å². The van der Waals surface area contributed by atoms with E-state index in [9.17, 15) is 0 Å². The fourth-order valence-corrected chi connectivity index (χ4v) is 2.57. The molecule has 1 aromatic rings. The summed E-state index contributed by atoms with van der Waals surface area (Å²) in [5, 5.41) is 6.22. The molecule has 2 rings (SSSR count). The van der Waals surface area contributed by atoms with E-state index >= 15 is 0 Å². The van der Waals surface area contributed by atoms with Crippen LogP contribution >= 0.6 is 0 Å². The molecule has 124 valence electrons. The van der Waals surface area contributed by atoms with Gasteiger partial charge in [0, 0.05) is 18.8 Å². The number of hydrogen-bond donors (Lipinski definition) is 2. The number of hydrogen-bond acceptors (Lipinski definition) is 3. The molecule has 0 spiro atoms. The van der Waals surface area contributed by atoms with Gasteiger partial charge in [-0.25, -0.2) is 9.98 Å². The summed E-state index contributed by atoms with van der Waals surface area (Å²) in [6.07, 6.45) is 13.5. The largest absolute Gasteiger partial charge is 0.474 e. The van der Waals surface area contributed by atoms with Crippen molar-refractivity contribution in [1.82, 2.24) is 15.6 Å². The summed E-state index contributed by atoms with van der Waals surface area (Å²) in [6, 6.07) is 3.95. The Hall–Kier alpha value is -2.22. The zero-order chi connectivity index (χ0) is 16.3. The highest BCUT2D eigenvalue weighted by Crippen LogP contribution is 2.22. The highest BCUT2D eigenvalue weighted by Gasteiger charge is 2.15. The van der Waals surface area contributed by atoms with Crippen molar-refractivity contribution in [3.05, 3.63) is 23.9 Å². The summed E-state index contributed by atoms with van der Waals surface area (Å²) >= 11 is 0. The molecule has 23 heavy (non-hydrogen) atoms. The minimum absolute atomic E-state index is 0.327. The number of rotatable bonds is 6. The molecule has 0 saturated heterocycles. The lowest BCUT2D eigenvalue weighted by molar-refractivity contribution is 0.148. The van der Waals surface area contributed by atoms with Gasteiger partial charge in [0.05, 0.1) is 13.1 Å². The van der Waals surface area contributed by atoms with Crippen LogP contribution in [0.3, 0.4) is 0 Å². The van der Waals surface area contributed by atoms with Crippen LogP contribution in [0.1, 0.15) is 44.6 Å². The van der Waals surface area contributed by atoms with Crippen LogP contribution in [0.4, 0.5) is 0 Å². The standard InChI is InChI=1S/C18H26N4O/c1-3-12-20-18(19-4-2)22-14-15-10-11-17(21-13-15)23-16-8-6-5-7-9-16/h1,10-11,13,16H,4-9,12,14H2,2H3,(H2,19,20,22). The van der Waals surface area contributed by atoms with Gasteiger partial charge in [-0.1, -0.05) is 18.4 Å². The average Bonchev–Trinajstić information content (AvgIpc) is 2.59. The van der Waals surface area contributed by atoms with Crippen molar-refractivity contribution >= 4 is 5.96 Å². The van der Waals surface area contributed by atoms with Gasteiger partial charge in [-0.05, 0) is 38.2 Å². The predicted molar refractivity (Wildman–Crippen MR) is 93.4 cm³/mol. The smallest absolute Gasteiger partial charge is 0.213 e. The van der Waals surface area contributed by atoms with E-state index in [0.29, 0.717) is 31.0 Å². The molecule has 2 N–H and O–H groups in total. The van der Waals surface area contributed by atoms with Crippen LogP contribution in [-0.4, -0.2) is 30.1 Å². The first kappa shape index (κ1) is 17.1. The molecular weight excluding hydrogens is 288 g/mol. The van der Waals surface area contributed by atoms with E-state index in [1.165, 1.54) is 19.3 Å². The van der Waals surface area contributed by atoms with Crippen molar-refractivity contribution in [2.45, 2.75) is 51.7 Å². The maximum absolute atomic E-state index is 5.93. The van der Waals surface area contributed by atoms with Gasteiger partial charge in [-0.15, -0.1) is 6.42 Å². The number of terminal acetylenes is 1. The minimum Gasteiger partial charge on any atom is -0.474 e. The Morgan fingerprint density at radius 1 is 1.35 bits per heavy atom. The lowest BCUT2D eigenvalue weighted by atomic mass is 9.98. The fourth-order valence-electron chi connectivity index (χ4n) is 2.57. The number of ether oxygens (including phenoxy) is 1.